The van der Waals surface area contributed by atoms with Crippen LogP contribution in [0.5, 0.6) is 0 Å². The summed E-state index contributed by atoms with van der Waals surface area (Å²) in [6.07, 6.45) is 2.00. The summed E-state index contributed by atoms with van der Waals surface area (Å²) in [5.74, 6) is 0. The molecule has 0 aliphatic heterocycles. The normalized spacial score (nSPS) is 10.3. The Bertz CT molecular complexity index is 662. The van der Waals surface area contributed by atoms with Gasteiger partial charge in [0, 0.05) is 16.1 Å². The molecule has 2 nitrogen and oxygen atoms in total. The van der Waals surface area contributed by atoms with Crippen molar-refractivity contribution in [3.8, 4) is 0 Å². The molecule has 2 aromatic carbocycles. The summed E-state index contributed by atoms with van der Waals surface area (Å²) >= 11 is 16.3. The van der Waals surface area contributed by atoms with Gasteiger partial charge < -0.3 is 11.1 Å². The lowest BCUT2D eigenvalue weighted by molar-refractivity contribution is 1.39. The van der Waals surface area contributed by atoms with E-state index >= 15 is 0 Å². The number of thioether (sulfide) groups is 1. The predicted octanol–water partition coefficient (Wildman–Crippen LogP) is 5.20. The molecule has 0 aliphatic rings. The quantitative estimate of drug-likeness (QED) is 0.558. The number of rotatable bonds is 4. The van der Waals surface area contributed by atoms with Crippen LogP contribution in [-0.2, 0) is 0 Å². The van der Waals surface area contributed by atoms with E-state index in [2.05, 4.69) is 21.2 Å². The van der Waals surface area contributed by atoms with Gasteiger partial charge in [-0.25, -0.2) is 0 Å². The number of hydrogen-bond acceptors (Lipinski definition) is 3. The minimum Gasteiger partial charge on any atom is -0.389 e. The molecule has 0 saturated heterocycles. The lowest BCUT2D eigenvalue weighted by Gasteiger charge is -2.15. The molecule has 0 fully saturated rings. The average Bonchev–Trinajstić information content (AvgIpc) is 2.43. The summed E-state index contributed by atoms with van der Waals surface area (Å²) in [5.41, 5.74) is 8.44. The first-order valence-corrected chi connectivity index (χ1v) is 8.53. The van der Waals surface area contributed by atoms with Crippen molar-refractivity contribution in [1.82, 2.24) is 0 Å². The molecule has 0 heterocycles. The molecule has 20 heavy (non-hydrogen) atoms. The average molecular weight is 388 g/mol. The molecule has 0 unspecified atom stereocenters. The topological polar surface area (TPSA) is 38.0 Å². The number of thiocarbonyl (C=S) groups is 1. The van der Waals surface area contributed by atoms with Crippen LogP contribution in [0, 0.1) is 0 Å². The van der Waals surface area contributed by atoms with Crippen LogP contribution < -0.4 is 11.1 Å². The number of anilines is 2. The van der Waals surface area contributed by atoms with Crippen LogP contribution in [0.2, 0.25) is 5.02 Å². The van der Waals surface area contributed by atoms with Gasteiger partial charge in [0.1, 0.15) is 4.99 Å². The number of hydrogen-bond donors (Lipinski definition) is 2. The fourth-order valence-corrected chi connectivity index (χ4v) is 3.27. The highest BCUT2D eigenvalue weighted by molar-refractivity contribution is 9.10. The van der Waals surface area contributed by atoms with Crippen LogP contribution in [0.1, 0.15) is 5.56 Å². The maximum Gasteiger partial charge on any atom is 0.107 e. The molecule has 0 aromatic heterocycles. The molecular formula is C14H12BrClN2S2. The molecule has 0 atom stereocenters. The first-order valence-electron chi connectivity index (χ1n) is 5.72. The Labute approximate surface area is 141 Å². The van der Waals surface area contributed by atoms with Crippen molar-refractivity contribution in [3.63, 3.8) is 0 Å². The van der Waals surface area contributed by atoms with E-state index in [-0.39, 0.29) is 0 Å². The lowest BCUT2D eigenvalue weighted by Crippen LogP contribution is -2.13. The van der Waals surface area contributed by atoms with E-state index in [0.29, 0.717) is 10.0 Å². The zero-order chi connectivity index (χ0) is 14.7. The van der Waals surface area contributed by atoms with Crippen LogP contribution in [0.4, 0.5) is 11.4 Å². The number of nitrogens with one attached hydrogen (secondary N) is 1. The Morgan fingerprint density at radius 2 is 1.90 bits per heavy atom. The first-order chi connectivity index (χ1) is 9.54. The zero-order valence-electron chi connectivity index (χ0n) is 10.6. The molecule has 0 spiro atoms. The fourth-order valence-electron chi connectivity index (χ4n) is 1.80. The second-order valence-corrected chi connectivity index (χ2v) is 6.46. The highest BCUT2D eigenvalue weighted by Gasteiger charge is 2.12. The van der Waals surface area contributed by atoms with E-state index in [1.807, 2.05) is 42.7 Å². The van der Waals surface area contributed by atoms with E-state index in [0.717, 1.165) is 26.3 Å². The number of halogens is 2. The monoisotopic (exact) mass is 386 g/mol. The molecule has 0 amide bonds. The zero-order valence-corrected chi connectivity index (χ0v) is 14.6. The van der Waals surface area contributed by atoms with Crippen LogP contribution in [0.3, 0.4) is 0 Å². The fraction of sp³-hybridized carbons (Fsp3) is 0.0714. The van der Waals surface area contributed by atoms with Gasteiger partial charge in [0.05, 0.1) is 15.2 Å². The van der Waals surface area contributed by atoms with Gasteiger partial charge in [-0.05, 0) is 46.5 Å². The van der Waals surface area contributed by atoms with Gasteiger partial charge in [0.25, 0.3) is 0 Å². The summed E-state index contributed by atoms with van der Waals surface area (Å²) < 4.78 is 0.810. The standard InChI is InChI=1S/C14H12BrClN2S2/c1-20-11-7-3-5-9(12(11)14(17)19)18-10-6-2-4-8(16)13(10)15/h2-7,18H,1H3,(H2,17,19). The maximum atomic E-state index is 6.10. The van der Waals surface area contributed by atoms with Gasteiger partial charge in [0.2, 0.25) is 0 Å². The molecule has 0 saturated carbocycles. The van der Waals surface area contributed by atoms with Crippen LogP contribution in [0.15, 0.2) is 45.8 Å². The minimum absolute atomic E-state index is 0.371. The van der Waals surface area contributed by atoms with Crippen molar-refractivity contribution in [2.24, 2.45) is 5.73 Å². The third kappa shape index (κ3) is 3.28. The van der Waals surface area contributed by atoms with Crippen molar-refractivity contribution >= 4 is 67.9 Å². The van der Waals surface area contributed by atoms with Crippen LogP contribution >= 0.6 is 51.5 Å². The molecule has 0 aliphatic carbocycles. The Kier molecular flexibility index (Phi) is 5.32. The smallest absolute Gasteiger partial charge is 0.107 e. The van der Waals surface area contributed by atoms with Crippen molar-refractivity contribution < 1.29 is 0 Å². The van der Waals surface area contributed by atoms with E-state index in [1.54, 1.807) is 11.8 Å². The molecule has 104 valence electrons. The molecular weight excluding hydrogens is 376 g/mol. The second-order valence-electron chi connectivity index (χ2n) is 3.97. The predicted molar refractivity (Wildman–Crippen MR) is 96.5 cm³/mol. The van der Waals surface area contributed by atoms with Crippen LogP contribution in [0.25, 0.3) is 0 Å². The third-order valence-corrected chi connectivity index (χ3v) is 5.10. The summed E-state index contributed by atoms with van der Waals surface area (Å²) in [6.45, 7) is 0. The van der Waals surface area contributed by atoms with Crippen molar-refractivity contribution in [1.29, 1.82) is 0 Å². The van der Waals surface area contributed by atoms with Gasteiger partial charge in [-0.15, -0.1) is 11.8 Å². The molecule has 6 heteroatoms. The number of benzene rings is 2. The summed E-state index contributed by atoms with van der Waals surface area (Å²) in [4.78, 5) is 1.41. The van der Waals surface area contributed by atoms with Gasteiger partial charge in [-0.3, -0.25) is 0 Å². The van der Waals surface area contributed by atoms with E-state index < -0.39 is 0 Å². The van der Waals surface area contributed by atoms with Crippen molar-refractivity contribution in [3.05, 3.63) is 51.5 Å². The Morgan fingerprint density at radius 1 is 1.25 bits per heavy atom. The highest BCUT2D eigenvalue weighted by Crippen LogP contribution is 2.35. The first kappa shape index (κ1) is 15.6. The SMILES string of the molecule is CSc1cccc(Nc2cccc(Cl)c2Br)c1C(N)=S. The minimum atomic E-state index is 0.371. The third-order valence-electron chi connectivity index (χ3n) is 2.71. The van der Waals surface area contributed by atoms with Gasteiger partial charge in [0.15, 0.2) is 0 Å². The van der Waals surface area contributed by atoms with Crippen LogP contribution in [-0.4, -0.2) is 11.2 Å². The molecule has 0 radical (unpaired) electrons. The summed E-state index contributed by atoms with van der Waals surface area (Å²) in [7, 11) is 0. The van der Waals surface area contributed by atoms with Gasteiger partial charge >= 0.3 is 0 Å². The highest BCUT2D eigenvalue weighted by atomic mass is 79.9. The van der Waals surface area contributed by atoms with E-state index in [4.69, 9.17) is 29.6 Å². The Hall–Kier alpha value is -0.750. The molecule has 3 N–H and O–H groups in total. The van der Waals surface area contributed by atoms with Gasteiger partial charge in [-0.2, -0.15) is 0 Å². The van der Waals surface area contributed by atoms with E-state index in [9.17, 15) is 0 Å². The lowest BCUT2D eigenvalue weighted by atomic mass is 10.1. The summed E-state index contributed by atoms with van der Waals surface area (Å²) in [5, 5.41) is 3.97. The summed E-state index contributed by atoms with van der Waals surface area (Å²) in [6, 6.07) is 11.6. The maximum absolute atomic E-state index is 6.10. The van der Waals surface area contributed by atoms with Crippen molar-refractivity contribution in [2.75, 3.05) is 11.6 Å². The van der Waals surface area contributed by atoms with Crippen molar-refractivity contribution in [2.45, 2.75) is 4.90 Å². The number of nitrogens with two attached hydrogens (primary N) is 1. The van der Waals surface area contributed by atoms with E-state index in [1.165, 1.54) is 0 Å². The Morgan fingerprint density at radius 3 is 2.55 bits per heavy atom. The molecule has 2 aromatic rings. The van der Waals surface area contributed by atoms with Gasteiger partial charge in [-0.1, -0.05) is 36.0 Å². The molecule has 2 rings (SSSR count). The largest absolute Gasteiger partial charge is 0.389 e. The second kappa shape index (κ2) is 6.80. The Balaban J connectivity index is 2.48. The molecule has 0 bridgehead atoms.